The lowest BCUT2D eigenvalue weighted by atomic mass is 10.1. The summed E-state index contributed by atoms with van der Waals surface area (Å²) in [5, 5.41) is 9.13. The van der Waals surface area contributed by atoms with Crippen LogP contribution >= 0.6 is 0 Å². The Morgan fingerprint density at radius 2 is 2.08 bits per heavy atom. The Hall–Kier alpha value is -2.89. The second kappa shape index (κ2) is 7.59. The minimum absolute atomic E-state index is 0.123. The number of nitrogens with one attached hydrogen (secondary N) is 1. The molecule has 0 spiro atoms. The lowest BCUT2D eigenvalue weighted by Gasteiger charge is -2.15. The van der Waals surface area contributed by atoms with Gasteiger partial charge in [0.15, 0.2) is 6.10 Å². The maximum atomic E-state index is 12.1. The van der Waals surface area contributed by atoms with Crippen molar-refractivity contribution in [2.24, 2.45) is 0 Å². The molecule has 1 aromatic heterocycles. The normalized spacial score (nSPS) is 12.0. The highest BCUT2D eigenvalue weighted by atomic mass is 16.5. The number of ether oxygens (including phenoxy) is 1. The molecule has 0 saturated heterocycles. The van der Waals surface area contributed by atoms with Gasteiger partial charge in [-0.1, -0.05) is 30.3 Å². The van der Waals surface area contributed by atoms with Crippen LogP contribution in [0.4, 0.5) is 0 Å². The van der Waals surface area contributed by atoms with Gasteiger partial charge in [0.2, 0.25) is 0 Å². The molecule has 3 rings (SSSR count). The topological polar surface area (TPSA) is 69.0 Å². The van der Waals surface area contributed by atoms with Gasteiger partial charge >= 0.3 is 0 Å². The first-order valence-electron chi connectivity index (χ1n) is 7.98. The highest BCUT2D eigenvalue weighted by Crippen LogP contribution is 2.21. The van der Waals surface area contributed by atoms with Gasteiger partial charge in [-0.15, -0.1) is 0 Å². The number of hydrogen-bond donors (Lipinski definition) is 1. The molecule has 0 aliphatic rings. The number of rotatable bonds is 7. The van der Waals surface area contributed by atoms with Crippen LogP contribution in [-0.4, -0.2) is 33.3 Å². The van der Waals surface area contributed by atoms with Crippen molar-refractivity contribution in [1.29, 1.82) is 0 Å². The van der Waals surface area contributed by atoms with Crippen LogP contribution < -0.4 is 10.1 Å². The predicted octanol–water partition coefficient (Wildman–Crippen LogP) is 2.41. The molecule has 0 saturated carbocycles. The fraction of sp³-hybridized carbons (Fsp3) is 0.278. The Balaban J connectivity index is 1.47. The molecule has 1 heterocycles. The molecule has 1 N–H and O–H groups in total. The second-order valence-corrected chi connectivity index (χ2v) is 5.57. The van der Waals surface area contributed by atoms with Crippen LogP contribution in [0.25, 0.3) is 10.8 Å². The molecule has 0 bridgehead atoms. The van der Waals surface area contributed by atoms with E-state index in [9.17, 15) is 4.79 Å². The average molecular weight is 324 g/mol. The number of amides is 1. The Morgan fingerprint density at radius 1 is 1.25 bits per heavy atom. The highest BCUT2D eigenvalue weighted by molar-refractivity contribution is 5.84. The molecule has 6 nitrogen and oxygen atoms in total. The van der Waals surface area contributed by atoms with Crippen molar-refractivity contribution < 1.29 is 9.53 Å². The molecule has 124 valence electrons. The number of fused-ring (bicyclic) bond motifs is 1. The molecule has 6 heteroatoms. The van der Waals surface area contributed by atoms with E-state index in [1.54, 1.807) is 17.9 Å². The second-order valence-electron chi connectivity index (χ2n) is 5.57. The van der Waals surface area contributed by atoms with Crippen LogP contribution in [0.5, 0.6) is 5.75 Å². The summed E-state index contributed by atoms with van der Waals surface area (Å²) in [7, 11) is 0. The number of aryl methyl sites for hydroxylation is 1. The largest absolute Gasteiger partial charge is 0.481 e. The number of nitrogens with zero attached hydrogens (tertiary/aromatic N) is 3. The van der Waals surface area contributed by atoms with Crippen LogP contribution in [0.2, 0.25) is 0 Å². The monoisotopic (exact) mass is 324 g/mol. The van der Waals surface area contributed by atoms with Gasteiger partial charge in [0.25, 0.3) is 5.91 Å². The van der Waals surface area contributed by atoms with Crippen LogP contribution in [0.15, 0.2) is 55.1 Å². The Labute approximate surface area is 140 Å². The number of carbonyl (C=O) groups is 1. The number of carbonyl (C=O) groups excluding carboxylic acids is 1. The lowest BCUT2D eigenvalue weighted by molar-refractivity contribution is -0.127. The first-order chi connectivity index (χ1) is 11.7. The van der Waals surface area contributed by atoms with Crippen molar-refractivity contribution in [3.8, 4) is 5.75 Å². The van der Waals surface area contributed by atoms with Gasteiger partial charge in [0.1, 0.15) is 18.4 Å². The van der Waals surface area contributed by atoms with Crippen molar-refractivity contribution in [3.05, 3.63) is 55.1 Å². The van der Waals surface area contributed by atoms with Gasteiger partial charge in [-0.25, -0.2) is 4.98 Å². The number of hydrogen-bond acceptors (Lipinski definition) is 4. The Kier molecular flexibility index (Phi) is 5.05. The van der Waals surface area contributed by atoms with Crippen molar-refractivity contribution in [1.82, 2.24) is 20.1 Å². The summed E-state index contributed by atoms with van der Waals surface area (Å²) >= 11 is 0. The molecule has 3 aromatic rings. The molecule has 2 aromatic carbocycles. The summed E-state index contributed by atoms with van der Waals surface area (Å²) in [5.41, 5.74) is 0. The molecule has 24 heavy (non-hydrogen) atoms. The lowest BCUT2D eigenvalue weighted by Crippen LogP contribution is -2.37. The van der Waals surface area contributed by atoms with Crippen molar-refractivity contribution in [2.45, 2.75) is 26.0 Å². The Morgan fingerprint density at radius 3 is 2.88 bits per heavy atom. The van der Waals surface area contributed by atoms with Crippen molar-refractivity contribution >= 4 is 16.7 Å². The molecule has 0 aliphatic carbocycles. The fourth-order valence-corrected chi connectivity index (χ4v) is 2.44. The summed E-state index contributed by atoms with van der Waals surface area (Å²) in [6.45, 7) is 3.05. The fourth-order valence-electron chi connectivity index (χ4n) is 2.44. The average Bonchev–Trinajstić information content (AvgIpc) is 3.12. The first-order valence-corrected chi connectivity index (χ1v) is 7.98. The smallest absolute Gasteiger partial charge is 0.260 e. The van der Waals surface area contributed by atoms with Gasteiger partial charge in [-0.05, 0) is 36.2 Å². The predicted molar refractivity (Wildman–Crippen MR) is 91.7 cm³/mol. The van der Waals surface area contributed by atoms with Crippen molar-refractivity contribution in [2.75, 3.05) is 6.54 Å². The van der Waals surface area contributed by atoms with E-state index < -0.39 is 6.10 Å². The maximum absolute atomic E-state index is 12.1. The van der Waals surface area contributed by atoms with E-state index in [-0.39, 0.29) is 5.91 Å². The quantitative estimate of drug-likeness (QED) is 0.678. The van der Waals surface area contributed by atoms with Gasteiger partial charge in [-0.2, -0.15) is 5.10 Å². The zero-order valence-corrected chi connectivity index (χ0v) is 13.6. The zero-order chi connectivity index (χ0) is 16.8. The van der Waals surface area contributed by atoms with E-state index in [1.165, 1.54) is 6.33 Å². The summed E-state index contributed by atoms with van der Waals surface area (Å²) in [4.78, 5) is 16.0. The standard InChI is InChI=1S/C18H20N4O2/c1-14(18(23)20-9-4-10-22-13-19-12-21-22)24-17-8-7-15-5-2-3-6-16(15)11-17/h2-3,5-8,11-14H,4,9-10H2,1H3,(H,20,23)/t14-/m0/s1. The molecular formula is C18H20N4O2. The van der Waals surface area contributed by atoms with Gasteiger partial charge < -0.3 is 10.1 Å². The Bertz CT molecular complexity index is 802. The summed E-state index contributed by atoms with van der Waals surface area (Å²) in [6.07, 6.45) is 3.40. The van der Waals surface area contributed by atoms with Gasteiger partial charge in [0.05, 0.1) is 0 Å². The zero-order valence-electron chi connectivity index (χ0n) is 13.6. The molecular weight excluding hydrogens is 304 g/mol. The van der Waals surface area contributed by atoms with E-state index in [1.807, 2.05) is 42.5 Å². The SMILES string of the molecule is C[C@H](Oc1ccc2ccccc2c1)C(=O)NCCCn1cncn1. The molecule has 0 unspecified atom stereocenters. The summed E-state index contributed by atoms with van der Waals surface area (Å²) in [6, 6.07) is 13.9. The van der Waals surface area contributed by atoms with Gasteiger partial charge in [0, 0.05) is 13.1 Å². The third kappa shape index (κ3) is 4.10. The van der Waals surface area contributed by atoms with Crippen LogP contribution in [0.3, 0.4) is 0 Å². The first kappa shape index (κ1) is 16.0. The van der Waals surface area contributed by atoms with Crippen molar-refractivity contribution in [3.63, 3.8) is 0 Å². The summed E-state index contributed by atoms with van der Waals surface area (Å²) < 4.78 is 7.48. The van der Waals surface area contributed by atoms with E-state index >= 15 is 0 Å². The molecule has 0 aliphatic heterocycles. The molecule has 1 atom stereocenters. The molecule has 0 fully saturated rings. The highest BCUT2D eigenvalue weighted by Gasteiger charge is 2.14. The third-order valence-corrected chi connectivity index (χ3v) is 3.73. The third-order valence-electron chi connectivity index (χ3n) is 3.73. The molecule has 0 radical (unpaired) electrons. The van der Waals surface area contributed by atoms with E-state index in [4.69, 9.17) is 4.74 Å². The van der Waals surface area contributed by atoms with E-state index in [0.29, 0.717) is 12.3 Å². The van der Waals surface area contributed by atoms with Crippen LogP contribution in [0.1, 0.15) is 13.3 Å². The molecule has 1 amide bonds. The van der Waals surface area contributed by atoms with E-state index in [2.05, 4.69) is 15.4 Å². The van der Waals surface area contributed by atoms with Gasteiger partial charge in [-0.3, -0.25) is 9.48 Å². The van der Waals surface area contributed by atoms with E-state index in [0.717, 1.165) is 23.7 Å². The number of benzene rings is 2. The minimum atomic E-state index is -0.544. The van der Waals surface area contributed by atoms with Crippen LogP contribution in [-0.2, 0) is 11.3 Å². The maximum Gasteiger partial charge on any atom is 0.260 e. The minimum Gasteiger partial charge on any atom is -0.481 e. The summed E-state index contributed by atoms with van der Waals surface area (Å²) in [5.74, 6) is 0.570. The van der Waals surface area contributed by atoms with Crippen LogP contribution in [0, 0.1) is 0 Å². The number of aromatic nitrogens is 3.